The Kier molecular flexibility index (Phi) is 34.8. The van der Waals surface area contributed by atoms with Crippen LogP contribution in [0.2, 0.25) is 0 Å². The molecule has 0 spiro atoms. The van der Waals surface area contributed by atoms with Gasteiger partial charge in [0.25, 0.3) is 0 Å². The standard InChI is InChI=1S/C45H86O10/c1-3-5-7-9-11-13-15-17-19-21-23-25-27-29-31-33-40(47)52-36-38(37-53-45-44(51)43(50)42(49)39(35-46)55-45)54-41(48)34-32-30-28-26-24-22-20-18-16-14-12-10-8-6-4-2/h38-39,42-46,49-51H,3-37H2,1-2H3/t38-,39-,42-,43+,44-,45-/m1/s1. The van der Waals surface area contributed by atoms with E-state index in [1.807, 2.05) is 0 Å². The van der Waals surface area contributed by atoms with E-state index in [2.05, 4.69) is 13.8 Å². The number of carbonyl (C=O) groups excluding carboxylic acids is 2. The molecule has 0 unspecified atom stereocenters. The first kappa shape index (κ1) is 51.7. The van der Waals surface area contributed by atoms with Gasteiger partial charge in [-0.15, -0.1) is 0 Å². The number of unbranched alkanes of at least 4 members (excludes halogenated alkanes) is 28. The second kappa shape index (κ2) is 37.0. The summed E-state index contributed by atoms with van der Waals surface area (Å²) < 4.78 is 22.2. The molecule has 1 fully saturated rings. The summed E-state index contributed by atoms with van der Waals surface area (Å²) in [6.07, 6.45) is 29.6. The van der Waals surface area contributed by atoms with Crippen LogP contribution in [0.5, 0.6) is 0 Å². The molecule has 0 saturated carbocycles. The number of hydrogen-bond acceptors (Lipinski definition) is 10. The summed E-state index contributed by atoms with van der Waals surface area (Å²) in [7, 11) is 0. The van der Waals surface area contributed by atoms with Gasteiger partial charge in [-0.25, -0.2) is 0 Å². The first-order chi connectivity index (χ1) is 26.8. The molecule has 10 nitrogen and oxygen atoms in total. The molecular formula is C45H86O10. The Bertz CT molecular complexity index is 871. The molecule has 1 aliphatic rings. The van der Waals surface area contributed by atoms with Crippen LogP contribution in [0.25, 0.3) is 0 Å². The predicted octanol–water partition coefficient (Wildman–Crippen LogP) is 9.78. The fraction of sp³-hybridized carbons (Fsp3) is 0.956. The zero-order chi connectivity index (χ0) is 40.2. The number of aliphatic hydroxyl groups is 4. The van der Waals surface area contributed by atoms with E-state index >= 15 is 0 Å². The highest BCUT2D eigenvalue weighted by Crippen LogP contribution is 2.23. The second-order valence-corrected chi connectivity index (χ2v) is 16.2. The van der Waals surface area contributed by atoms with Crippen LogP contribution in [0.15, 0.2) is 0 Å². The summed E-state index contributed by atoms with van der Waals surface area (Å²) in [5.41, 5.74) is 0. The lowest BCUT2D eigenvalue weighted by Crippen LogP contribution is -2.59. The SMILES string of the molecule is CCCCCCCCCCCCCCCCCC(=O)OC[C@H](CO[C@@H]1O[C@H](CO)[C@@H](O)[C@H](O)[C@H]1O)OC(=O)CCCCCCCCCCCCCCCCC. The highest BCUT2D eigenvalue weighted by atomic mass is 16.7. The molecule has 55 heavy (non-hydrogen) atoms. The number of ether oxygens (including phenoxy) is 4. The van der Waals surface area contributed by atoms with Gasteiger partial charge in [-0.2, -0.15) is 0 Å². The van der Waals surface area contributed by atoms with Gasteiger partial charge in [-0.3, -0.25) is 9.59 Å². The molecule has 1 heterocycles. The Morgan fingerprint density at radius 2 is 0.855 bits per heavy atom. The smallest absolute Gasteiger partial charge is 0.306 e. The molecular weight excluding hydrogens is 700 g/mol. The van der Waals surface area contributed by atoms with Crippen molar-refractivity contribution in [1.29, 1.82) is 0 Å². The van der Waals surface area contributed by atoms with Crippen LogP contribution < -0.4 is 0 Å². The molecule has 4 N–H and O–H groups in total. The first-order valence-corrected chi connectivity index (χ1v) is 23.1. The van der Waals surface area contributed by atoms with Crippen LogP contribution in [-0.2, 0) is 28.5 Å². The highest BCUT2D eigenvalue weighted by Gasteiger charge is 2.44. The average molecular weight is 787 g/mol. The van der Waals surface area contributed by atoms with Crippen molar-refractivity contribution in [3.8, 4) is 0 Å². The maximum absolute atomic E-state index is 12.8. The van der Waals surface area contributed by atoms with Crippen LogP contribution >= 0.6 is 0 Å². The van der Waals surface area contributed by atoms with E-state index in [4.69, 9.17) is 18.9 Å². The largest absolute Gasteiger partial charge is 0.462 e. The summed E-state index contributed by atoms with van der Waals surface area (Å²) in [6, 6.07) is 0. The number of hydrogen-bond donors (Lipinski definition) is 4. The van der Waals surface area contributed by atoms with E-state index in [9.17, 15) is 30.0 Å². The lowest BCUT2D eigenvalue weighted by Gasteiger charge is -2.39. The number of carbonyl (C=O) groups is 2. The number of esters is 2. The first-order valence-electron chi connectivity index (χ1n) is 23.1. The van der Waals surface area contributed by atoms with E-state index < -0.39 is 49.4 Å². The monoisotopic (exact) mass is 787 g/mol. The van der Waals surface area contributed by atoms with E-state index in [-0.39, 0.29) is 32.0 Å². The molecule has 0 bridgehead atoms. The van der Waals surface area contributed by atoms with Crippen LogP contribution in [0.3, 0.4) is 0 Å². The van der Waals surface area contributed by atoms with E-state index in [1.54, 1.807) is 0 Å². The van der Waals surface area contributed by atoms with Crippen LogP contribution in [0.1, 0.15) is 219 Å². The fourth-order valence-electron chi connectivity index (χ4n) is 7.31. The van der Waals surface area contributed by atoms with E-state index in [0.29, 0.717) is 6.42 Å². The minimum absolute atomic E-state index is 0.209. The molecule has 1 saturated heterocycles. The average Bonchev–Trinajstić information content (AvgIpc) is 3.18. The minimum atomic E-state index is -1.59. The topological polar surface area (TPSA) is 152 Å². The third-order valence-electron chi connectivity index (χ3n) is 11.0. The van der Waals surface area contributed by atoms with Gasteiger partial charge in [-0.1, -0.05) is 194 Å². The van der Waals surface area contributed by atoms with Gasteiger partial charge in [0.05, 0.1) is 13.2 Å². The summed E-state index contributed by atoms with van der Waals surface area (Å²) in [4.78, 5) is 25.3. The molecule has 0 aromatic carbocycles. The Labute approximate surface area is 336 Å². The molecule has 6 atom stereocenters. The summed E-state index contributed by atoms with van der Waals surface area (Å²) in [5.74, 6) is -0.790. The van der Waals surface area contributed by atoms with E-state index in [1.165, 1.54) is 148 Å². The zero-order valence-corrected chi connectivity index (χ0v) is 35.5. The lowest BCUT2D eigenvalue weighted by atomic mass is 9.99. The van der Waals surface area contributed by atoms with E-state index in [0.717, 1.165) is 38.5 Å². The fourth-order valence-corrected chi connectivity index (χ4v) is 7.31. The third kappa shape index (κ3) is 28.7. The van der Waals surface area contributed by atoms with Crippen molar-refractivity contribution in [2.24, 2.45) is 0 Å². The molecule has 326 valence electrons. The van der Waals surface area contributed by atoms with Crippen molar-refractivity contribution in [3.05, 3.63) is 0 Å². The van der Waals surface area contributed by atoms with Gasteiger partial charge >= 0.3 is 11.9 Å². The van der Waals surface area contributed by atoms with Gasteiger partial charge in [-0.05, 0) is 12.8 Å². The molecule has 0 aromatic rings. The Balaban J connectivity index is 2.30. The van der Waals surface area contributed by atoms with Gasteiger partial charge < -0.3 is 39.4 Å². The van der Waals surface area contributed by atoms with Crippen molar-refractivity contribution >= 4 is 11.9 Å². The molecule has 1 aliphatic heterocycles. The minimum Gasteiger partial charge on any atom is -0.462 e. The lowest BCUT2D eigenvalue weighted by molar-refractivity contribution is -0.305. The Morgan fingerprint density at radius 3 is 1.24 bits per heavy atom. The maximum Gasteiger partial charge on any atom is 0.306 e. The Hall–Kier alpha value is -1.30. The summed E-state index contributed by atoms with van der Waals surface area (Å²) in [5, 5.41) is 40.1. The quantitative estimate of drug-likeness (QED) is 0.0350. The Morgan fingerprint density at radius 1 is 0.491 bits per heavy atom. The van der Waals surface area contributed by atoms with Crippen LogP contribution in [0, 0.1) is 0 Å². The molecule has 10 heteroatoms. The third-order valence-corrected chi connectivity index (χ3v) is 11.0. The number of aliphatic hydroxyl groups excluding tert-OH is 4. The summed E-state index contributed by atoms with van der Waals surface area (Å²) >= 11 is 0. The molecule has 1 rings (SSSR count). The number of rotatable bonds is 39. The van der Waals surface area contributed by atoms with Crippen molar-refractivity contribution in [2.75, 3.05) is 19.8 Å². The summed E-state index contributed by atoms with van der Waals surface area (Å²) in [6.45, 7) is 3.46. The van der Waals surface area contributed by atoms with Crippen molar-refractivity contribution in [3.63, 3.8) is 0 Å². The molecule has 0 radical (unpaired) electrons. The van der Waals surface area contributed by atoms with Crippen molar-refractivity contribution in [1.82, 2.24) is 0 Å². The zero-order valence-electron chi connectivity index (χ0n) is 35.5. The molecule has 0 amide bonds. The second-order valence-electron chi connectivity index (χ2n) is 16.2. The molecule has 0 aliphatic carbocycles. The van der Waals surface area contributed by atoms with Crippen molar-refractivity contribution in [2.45, 2.75) is 256 Å². The van der Waals surface area contributed by atoms with Crippen LogP contribution in [0.4, 0.5) is 0 Å². The highest BCUT2D eigenvalue weighted by molar-refractivity contribution is 5.70. The van der Waals surface area contributed by atoms with Gasteiger partial charge in [0, 0.05) is 12.8 Å². The van der Waals surface area contributed by atoms with Crippen molar-refractivity contribution < 1.29 is 49.0 Å². The maximum atomic E-state index is 12.8. The van der Waals surface area contributed by atoms with Gasteiger partial charge in [0.15, 0.2) is 12.4 Å². The van der Waals surface area contributed by atoms with Gasteiger partial charge in [0.2, 0.25) is 0 Å². The van der Waals surface area contributed by atoms with Gasteiger partial charge in [0.1, 0.15) is 31.0 Å². The van der Waals surface area contributed by atoms with Crippen LogP contribution in [-0.4, -0.2) is 89.0 Å². The molecule has 0 aromatic heterocycles. The normalized spacial score (nSPS) is 20.4. The predicted molar refractivity (Wildman–Crippen MR) is 220 cm³/mol.